The van der Waals surface area contributed by atoms with Crippen molar-refractivity contribution >= 4 is 23.2 Å². The van der Waals surface area contributed by atoms with Crippen molar-refractivity contribution < 1.29 is 4.79 Å². The quantitative estimate of drug-likeness (QED) is 0.369. The Kier molecular flexibility index (Phi) is 6.41. The number of rotatable bonds is 7. The van der Waals surface area contributed by atoms with Crippen LogP contribution in [0.4, 0.5) is 5.82 Å². The molecule has 4 nitrogen and oxygen atoms in total. The predicted molar refractivity (Wildman–Crippen MR) is 136 cm³/mol. The van der Waals surface area contributed by atoms with E-state index < -0.39 is 0 Å². The second kappa shape index (κ2) is 8.98. The Balaban J connectivity index is 1.72. The third-order valence-corrected chi connectivity index (χ3v) is 7.69. The number of Topliss-reactive ketones (excluding diaryl/α,β-unsaturated/α-hetero) is 1. The van der Waals surface area contributed by atoms with Gasteiger partial charge in [-0.2, -0.15) is 5.10 Å². The molecule has 1 N–H and O–H groups in total. The molecule has 3 aromatic rings. The maximum absolute atomic E-state index is 13.9. The molecular formula is C28H34ClN3O. The molecule has 0 aliphatic carbocycles. The molecule has 0 radical (unpaired) electrons. The van der Waals surface area contributed by atoms with E-state index in [-0.39, 0.29) is 22.8 Å². The molecule has 0 saturated heterocycles. The fraction of sp³-hybridized carbons (Fsp3) is 0.429. The summed E-state index contributed by atoms with van der Waals surface area (Å²) in [4.78, 5) is 13.9. The number of hydrogen-bond acceptors (Lipinski definition) is 3. The molecule has 174 valence electrons. The highest BCUT2D eigenvalue weighted by atomic mass is 35.5. The highest BCUT2D eigenvalue weighted by Crippen LogP contribution is 2.43. The van der Waals surface area contributed by atoms with Crippen LogP contribution >= 0.6 is 11.6 Å². The highest BCUT2D eigenvalue weighted by molar-refractivity contribution is 6.30. The van der Waals surface area contributed by atoms with E-state index in [1.165, 1.54) is 11.1 Å². The number of halogens is 1. The number of fused-ring (bicyclic) bond motifs is 1. The van der Waals surface area contributed by atoms with Gasteiger partial charge in [0.2, 0.25) is 0 Å². The van der Waals surface area contributed by atoms with Crippen molar-refractivity contribution in [1.29, 1.82) is 0 Å². The average Bonchev–Trinajstić information content (AvgIpc) is 3.15. The summed E-state index contributed by atoms with van der Waals surface area (Å²) in [7, 11) is 0. The number of nitrogens with zero attached hydrogens (tertiary/aromatic N) is 2. The lowest BCUT2D eigenvalue weighted by Gasteiger charge is -2.38. The molecular weight excluding hydrogens is 430 g/mol. The van der Waals surface area contributed by atoms with Crippen LogP contribution in [0.5, 0.6) is 0 Å². The van der Waals surface area contributed by atoms with Gasteiger partial charge in [0.25, 0.3) is 0 Å². The second-order valence-electron chi connectivity index (χ2n) is 9.94. The molecule has 1 aromatic heterocycles. The Morgan fingerprint density at radius 1 is 1.12 bits per heavy atom. The highest BCUT2D eigenvalue weighted by Gasteiger charge is 2.39. The molecule has 2 heterocycles. The van der Waals surface area contributed by atoms with Crippen LogP contribution in [-0.2, 0) is 11.0 Å². The summed E-state index contributed by atoms with van der Waals surface area (Å²) >= 11 is 6.14. The zero-order chi connectivity index (χ0) is 23.8. The molecule has 0 unspecified atom stereocenters. The first-order valence-corrected chi connectivity index (χ1v) is 12.3. The number of carbonyl (C=O) groups is 1. The minimum atomic E-state index is -0.230. The Labute approximate surface area is 202 Å². The van der Waals surface area contributed by atoms with Gasteiger partial charge in [0, 0.05) is 16.9 Å². The van der Waals surface area contributed by atoms with E-state index >= 15 is 0 Å². The molecule has 0 spiro atoms. The number of benzene rings is 2. The lowest BCUT2D eigenvalue weighted by Crippen LogP contribution is -2.38. The number of hydrogen-bond donors (Lipinski definition) is 1. The van der Waals surface area contributed by atoms with Gasteiger partial charge in [-0.1, -0.05) is 67.9 Å². The standard InChI is InChI=1S/C28H34ClN3O/c1-6-28(7-2,21-13-15-22(29)16-14-21)18-24(33)25-19(3)31-32-26(25)30-23(17-27(32,4)5)20-11-9-8-10-12-20/h8-16,23,30H,6-7,17-18H2,1-5H3/t23-/m0/s1. The molecule has 0 fully saturated rings. The molecule has 0 bridgehead atoms. The van der Waals surface area contributed by atoms with Crippen LogP contribution in [0.2, 0.25) is 5.02 Å². The topological polar surface area (TPSA) is 46.9 Å². The van der Waals surface area contributed by atoms with Crippen molar-refractivity contribution in [3.05, 3.63) is 82.0 Å². The predicted octanol–water partition coefficient (Wildman–Crippen LogP) is 7.47. The van der Waals surface area contributed by atoms with Gasteiger partial charge in [0.15, 0.2) is 5.78 Å². The zero-order valence-corrected chi connectivity index (χ0v) is 21.0. The third-order valence-electron chi connectivity index (χ3n) is 7.44. The van der Waals surface area contributed by atoms with Gasteiger partial charge >= 0.3 is 0 Å². The lowest BCUT2D eigenvalue weighted by molar-refractivity contribution is 0.0944. The van der Waals surface area contributed by atoms with Gasteiger partial charge in [0.1, 0.15) is 5.82 Å². The molecule has 2 aromatic carbocycles. The number of anilines is 1. The van der Waals surface area contributed by atoms with Crippen molar-refractivity contribution in [2.24, 2.45) is 0 Å². The Morgan fingerprint density at radius 2 is 1.76 bits per heavy atom. The fourth-order valence-corrected chi connectivity index (χ4v) is 5.46. The minimum Gasteiger partial charge on any atom is -0.363 e. The van der Waals surface area contributed by atoms with Crippen LogP contribution in [-0.4, -0.2) is 15.6 Å². The van der Waals surface area contributed by atoms with E-state index in [1.54, 1.807) is 0 Å². The van der Waals surface area contributed by atoms with Gasteiger partial charge in [-0.05, 0) is 63.3 Å². The number of nitrogens with one attached hydrogen (secondary N) is 1. The number of aryl methyl sites for hydroxylation is 1. The van der Waals surface area contributed by atoms with Gasteiger partial charge in [0.05, 0.1) is 22.8 Å². The maximum Gasteiger partial charge on any atom is 0.169 e. The van der Waals surface area contributed by atoms with E-state index in [4.69, 9.17) is 16.7 Å². The van der Waals surface area contributed by atoms with E-state index in [9.17, 15) is 4.79 Å². The lowest BCUT2D eigenvalue weighted by atomic mass is 9.71. The van der Waals surface area contributed by atoms with Crippen molar-refractivity contribution in [2.75, 3.05) is 5.32 Å². The van der Waals surface area contributed by atoms with Crippen LogP contribution in [0, 0.1) is 6.92 Å². The normalized spacial score (nSPS) is 17.3. The first-order valence-electron chi connectivity index (χ1n) is 11.9. The number of aromatic nitrogens is 2. The first kappa shape index (κ1) is 23.6. The van der Waals surface area contributed by atoms with Crippen LogP contribution in [0.3, 0.4) is 0 Å². The van der Waals surface area contributed by atoms with Gasteiger partial charge in [-0.15, -0.1) is 0 Å². The maximum atomic E-state index is 13.9. The van der Waals surface area contributed by atoms with Crippen LogP contribution in [0.15, 0.2) is 54.6 Å². The summed E-state index contributed by atoms with van der Waals surface area (Å²) < 4.78 is 2.02. The molecule has 1 atom stereocenters. The van der Waals surface area contributed by atoms with Crippen LogP contribution in [0.25, 0.3) is 0 Å². The van der Waals surface area contributed by atoms with E-state index in [2.05, 4.69) is 69.4 Å². The smallest absolute Gasteiger partial charge is 0.169 e. The van der Waals surface area contributed by atoms with Crippen molar-refractivity contribution in [1.82, 2.24) is 9.78 Å². The van der Waals surface area contributed by atoms with E-state index in [0.717, 1.165) is 36.3 Å². The summed E-state index contributed by atoms with van der Waals surface area (Å²) in [6.45, 7) is 10.7. The zero-order valence-electron chi connectivity index (χ0n) is 20.3. The van der Waals surface area contributed by atoms with Crippen molar-refractivity contribution in [2.45, 2.75) is 77.3 Å². The van der Waals surface area contributed by atoms with Gasteiger partial charge in [-0.3, -0.25) is 4.79 Å². The summed E-state index contributed by atoms with van der Waals surface area (Å²) in [5.41, 5.74) is 3.48. The number of ketones is 1. The first-order chi connectivity index (χ1) is 15.7. The summed E-state index contributed by atoms with van der Waals surface area (Å²) in [6, 6.07) is 18.6. The van der Waals surface area contributed by atoms with Gasteiger partial charge in [-0.25, -0.2) is 4.68 Å². The molecule has 4 rings (SSSR count). The molecule has 1 aliphatic heterocycles. The Bertz CT molecular complexity index is 1130. The molecule has 0 amide bonds. The minimum absolute atomic E-state index is 0.134. The summed E-state index contributed by atoms with van der Waals surface area (Å²) in [5.74, 6) is 0.990. The second-order valence-corrected chi connectivity index (χ2v) is 10.4. The van der Waals surface area contributed by atoms with Crippen molar-refractivity contribution in [3.8, 4) is 0 Å². The van der Waals surface area contributed by atoms with Crippen molar-refractivity contribution in [3.63, 3.8) is 0 Å². The molecule has 5 heteroatoms. The third kappa shape index (κ3) is 4.33. The van der Waals surface area contributed by atoms with Crippen LogP contribution in [0.1, 0.15) is 86.6 Å². The SMILES string of the molecule is CCC(CC)(CC(=O)c1c(C)nn2c1N[C@H](c1ccccc1)CC2(C)C)c1ccc(Cl)cc1. The van der Waals surface area contributed by atoms with E-state index in [1.807, 2.05) is 29.8 Å². The van der Waals surface area contributed by atoms with Crippen LogP contribution < -0.4 is 5.32 Å². The number of carbonyl (C=O) groups excluding carboxylic acids is 1. The Morgan fingerprint density at radius 3 is 2.36 bits per heavy atom. The largest absolute Gasteiger partial charge is 0.363 e. The molecule has 0 saturated carbocycles. The summed E-state index contributed by atoms with van der Waals surface area (Å²) in [5, 5.41) is 9.22. The van der Waals surface area contributed by atoms with Gasteiger partial charge < -0.3 is 5.32 Å². The summed E-state index contributed by atoms with van der Waals surface area (Å²) in [6.07, 6.45) is 3.10. The molecule has 33 heavy (non-hydrogen) atoms. The van der Waals surface area contributed by atoms with E-state index in [0.29, 0.717) is 11.4 Å². The average molecular weight is 464 g/mol. The molecule has 1 aliphatic rings. The monoisotopic (exact) mass is 463 g/mol. The fourth-order valence-electron chi connectivity index (χ4n) is 5.33. The Hall–Kier alpha value is -2.59.